The van der Waals surface area contributed by atoms with Crippen LogP contribution in [-0.4, -0.2) is 23.3 Å². The average Bonchev–Trinajstić information content (AvgIpc) is 2.47. The van der Waals surface area contributed by atoms with Gasteiger partial charge in [-0.2, -0.15) is 0 Å². The quantitative estimate of drug-likeness (QED) is 0.835. The summed E-state index contributed by atoms with van der Waals surface area (Å²) < 4.78 is 0. The van der Waals surface area contributed by atoms with Crippen molar-refractivity contribution in [3.63, 3.8) is 0 Å². The van der Waals surface area contributed by atoms with Gasteiger partial charge in [0.25, 0.3) is 0 Å². The number of carbonyl (C=O) groups is 2. The van der Waals surface area contributed by atoms with Crippen LogP contribution in [0.4, 0.5) is 11.4 Å². The van der Waals surface area contributed by atoms with Gasteiger partial charge in [0.05, 0.1) is 21.8 Å². The second kappa shape index (κ2) is 5.81. The average molecular weight is 305 g/mol. The number of fused-ring (bicyclic) bond motifs is 1. The van der Waals surface area contributed by atoms with Gasteiger partial charge in [-0.1, -0.05) is 38.2 Å². The molecule has 0 fully saturated rings. The van der Waals surface area contributed by atoms with E-state index in [0.717, 1.165) is 0 Å². The summed E-state index contributed by atoms with van der Waals surface area (Å²) in [6.07, 6.45) is 1.02. The van der Waals surface area contributed by atoms with Crippen molar-refractivity contribution in [2.75, 3.05) is 16.8 Å². The van der Waals surface area contributed by atoms with Crippen molar-refractivity contribution in [1.29, 1.82) is 0 Å². The van der Waals surface area contributed by atoms with Crippen LogP contribution in [0.2, 0.25) is 0 Å². The first-order valence-electron chi connectivity index (χ1n) is 6.97. The van der Waals surface area contributed by atoms with E-state index in [1.807, 2.05) is 32.0 Å². The SMILES string of the molecule is CCC(CC)(C(=O)N1CC(=O)Nc2ccccc21)C(N)=S. The Labute approximate surface area is 129 Å². The number of rotatable bonds is 4. The smallest absolute Gasteiger partial charge is 0.244 e. The molecule has 0 atom stereocenters. The van der Waals surface area contributed by atoms with E-state index in [4.69, 9.17) is 18.0 Å². The van der Waals surface area contributed by atoms with Crippen LogP contribution >= 0.6 is 12.2 Å². The number of amides is 2. The molecule has 0 saturated heterocycles. The Morgan fingerprint density at radius 2 is 2.00 bits per heavy atom. The summed E-state index contributed by atoms with van der Waals surface area (Å²) in [5.74, 6) is -0.423. The van der Waals surface area contributed by atoms with Gasteiger partial charge in [-0.3, -0.25) is 9.59 Å². The number of thiocarbonyl (C=S) groups is 1. The Morgan fingerprint density at radius 3 is 2.57 bits per heavy atom. The van der Waals surface area contributed by atoms with E-state index in [1.54, 1.807) is 6.07 Å². The van der Waals surface area contributed by atoms with Gasteiger partial charge in [0.15, 0.2) is 0 Å². The molecule has 2 rings (SSSR count). The Kier molecular flexibility index (Phi) is 4.27. The van der Waals surface area contributed by atoms with Gasteiger partial charge in [-0.05, 0) is 25.0 Å². The van der Waals surface area contributed by atoms with E-state index in [0.29, 0.717) is 24.2 Å². The van der Waals surface area contributed by atoms with Gasteiger partial charge < -0.3 is 16.0 Å². The molecule has 6 heteroatoms. The van der Waals surface area contributed by atoms with Gasteiger partial charge in [0.2, 0.25) is 11.8 Å². The number of hydrogen-bond donors (Lipinski definition) is 2. The number of nitrogens with one attached hydrogen (secondary N) is 1. The van der Waals surface area contributed by atoms with E-state index in [9.17, 15) is 9.59 Å². The van der Waals surface area contributed by atoms with Crippen molar-refractivity contribution in [2.24, 2.45) is 11.1 Å². The molecule has 0 aliphatic carbocycles. The highest BCUT2D eigenvalue weighted by Crippen LogP contribution is 2.36. The Bertz CT molecular complexity index is 596. The summed E-state index contributed by atoms with van der Waals surface area (Å²) in [4.78, 5) is 26.5. The summed E-state index contributed by atoms with van der Waals surface area (Å²) >= 11 is 5.13. The van der Waals surface area contributed by atoms with Crippen molar-refractivity contribution >= 4 is 40.4 Å². The van der Waals surface area contributed by atoms with Crippen LogP contribution in [0, 0.1) is 5.41 Å². The van der Waals surface area contributed by atoms with Crippen molar-refractivity contribution < 1.29 is 9.59 Å². The van der Waals surface area contributed by atoms with Gasteiger partial charge in [0, 0.05) is 0 Å². The van der Waals surface area contributed by atoms with E-state index in [1.165, 1.54) is 4.90 Å². The van der Waals surface area contributed by atoms with E-state index < -0.39 is 5.41 Å². The van der Waals surface area contributed by atoms with Crippen molar-refractivity contribution in [3.8, 4) is 0 Å². The molecule has 1 aliphatic rings. The first kappa shape index (κ1) is 15.4. The normalized spacial score (nSPS) is 14.4. The number of nitrogens with two attached hydrogens (primary N) is 1. The van der Waals surface area contributed by atoms with Crippen LogP contribution in [0.3, 0.4) is 0 Å². The molecule has 1 aromatic rings. The van der Waals surface area contributed by atoms with Crippen LogP contribution in [0.1, 0.15) is 26.7 Å². The Balaban J connectivity index is 2.48. The standard InChI is InChI=1S/C15H19N3O2S/c1-3-15(4-2,13(16)21)14(20)18-9-12(19)17-10-7-5-6-8-11(10)18/h5-8H,3-4,9H2,1-2H3,(H2,16,21)(H,17,19). The van der Waals surface area contributed by atoms with Crippen LogP contribution in [-0.2, 0) is 9.59 Å². The molecule has 3 N–H and O–H groups in total. The minimum absolute atomic E-state index is 0.0137. The number of benzene rings is 1. The largest absolute Gasteiger partial charge is 0.392 e. The van der Waals surface area contributed by atoms with E-state index >= 15 is 0 Å². The van der Waals surface area contributed by atoms with Crippen LogP contribution in [0.25, 0.3) is 0 Å². The third-order valence-corrected chi connectivity index (χ3v) is 4.49. The molecule has 5 nitrogen and oxygen atoms in total. The summed E-state index contributed by atoms with van der Waals surface area (Å²) in [6.45, 7) is 3.76. The Morgan fingerprint density at radius 1 is 1.38 bits per heavy atom. The minimum atomic E-state index is -0.903. The highest BCUT2D eigenvalue weighted by Gasteiger charge is 2.43. The van der Waals surface area contributed by atoms with Gasteiger partial charge in [-0.25, -0.2) is 0 Å². The maximum absolute atomic E-state index is 13.0. The Hall–Kier alpha value is -1.95. The summed E-state index contributed by atoms with van der Waals surface area (Å²) in [5.41, 5.74) is 6.25. The van der Waals surface area contributed by atoms with Crippen molar-refractivity contribution in [1.82, 2.24) is 0 Å². The molecular weight excluding hydrogens is 286 g/mol. The van der Waals surface area contributed by atoms with Crippen LogP contribution in [0.5, 0.6) is 0 Å². The number of hydrogen-bond acceptors (Lipinski definition) is 3. The van der Waals surface area contributed by atoms with Gasteiger partial charge in [-0.15, -0.1) is 0 Å². The molecule has 0 aromatic heterocycles. The van der Waals surface area contributed by atoms with Gasteiger partial charge >= 0.3 is 0 Å². The highest BCUT2D eigenvalue weighted by molar-refractivity contribution is 7.80. The molecule has 1 aliphatic heterocycles. The molecule has 112 valence electrons. The number of carbonyl (C=O) groups excluding carboxylic acids is 2. The first-order chi connectivity index (χ1) is 9.96. The lowest BCUT2D eigenvalue weighted by atomic mass is 9.80. The summed E-state index contributed by atoms with van der Waals surface area (Å²) in [5, 5.41) is 2.76. The maximum Gasteiger partial charge on any atom is 0.244 e. The van der Waals surface area contributed by atoms with Crippen molar-refractivity contribution in [3.05, 3.63) is 24.3 Å². The fourth-order valence-corrected chi connectivity index (χ4v) is 3.06. The summed E-state index contributed by atoms with van der Waals surface area (Å²) in [7, 11) is 0. The molecule has 0 spiro atoms. The molecule has 2 amide bonds. The second-order valence-electron chi connectivity index (χ2n) is 5.11. The second-order valence-corrected chi connectivity index (χ2v) is 5.55. The predicted molar refractivity (Wildman–Crippen MR) is 87.2 cm³/mol. The van der Waals surface area contributed by atoms with E-state index in [-0.39, 0.29) is 23.3 Å². The van der Waals surface area contributed by atoms with Gasteiger partial charge in [0.1, 0.15) is 6.54 Å². The maximum atomic E-state index is 13.0. The third kappa shape index (κ3) is 2.51. The van der Waals surface area contributed by atoms with Crippen LogP contribution in [0.15, 0.2) is 24.3 Å². The third-order valence-electron chi connectivity index (χ3n) is 4.10. The molecule has 21 heavy (non-hydrogen) atoms. The molecule has 0 unspecified atom stereocenters. The predicted octanol–water partition coefficient (Wildman–Crippen LogP) is 2.06. The first-order valence-corrected chi connectivity index (χ1v) is 7.37. The fourth-order valence-electron chi connectivity index (χ4n) is 2.68. The number of anilines is 2. The monoisotopic (exact) mass is 305 g/mol. The molecule has 0 saturated carbocycles. The number of para-hydroxylation sites is 2. The summed E-state index contributed by atoms with van der Waals surface area (Å²) in [6, 6.07) is 7.22. The molecule has 0 radical (unpaired) electrons. The van der Waals surface area contributed by atoms with Crippen molar-refractivity contribution in [2.45, 2.75) is 26.7 Å². The molecule has 0 bridgehead atoms. The minimum Gasteiger partial charge on any atom is -0.392 e. The molecular formula is C15H19N3O2S. The topological polar surface area (TPSA) is 75.4 Å². The lowest BCUT2D eigenvalue weighted by molar-refractivity contribution is -0.127. The zero-order chi connectivity index (χ0) is 15.6. The highest BCUT2D eigenvalue weighted by atomic mass is 32.1. The number of nitrogens with zero attached hydrogens (tertiary/aromatic N) is 1. The molecule has 1 aromatic carbocycles. The lowest BCUT2D eigenvalue weighted by Crippen LogP contribution is -2.53. The molecule has 1 heterocycles. The van der Waals surface area contributed by atoms with Crippen LogP contribution < -0.4 is 16.0 Å². The zero-order valence-electron chi connectivity index (χ0n) is 12.2. The zero-order valence-corrected chi connectivity index (χ0v) is 13.0. The van der Waals surface area contributed by atoms with E-state index in [2.05, 4.69) is 5.32 Å². The fraction of sp³-hybridized carbons (Fsp3) is 0.400. The lowest BCUT2D eigenvalue weighted by Gasteiger charge is -2.37.